The molecule has 0 aliphatic carbocycles. The van der Waals surface area contributed by atoms with Crippen LogP contribution in [0.25, 0.3) is 22.3 Å². The van der Waals surface area contributed by atoms with Gasteiger partial charge in [-0.1, -0.05) is 54.4 Å². The highest BCUT2D eigenvalue weighted by molar-refractivity contribution is 6.31. The number of pyridine rings is 1. The molecule has 2 bridgehead atoms. The van der Waals surface area contributed by atoms with Crippen molar-refractivity contribution in [3.63, 3.8) is 0 Å². The number of nitrogens with zero attached hydrogens (tertiary/aromatic N) is 1. The monoisotopic (exact) mass is 662 g/mol. The first-order chi connectivity index (χ1) is 22.4. The molecule has 0 saturated carbocycles. The summed E-state index contributed by atoms with van der Waals surface area (Å²) in [5.41, 5.74) is 3.51. The Labute approximate surface area is 278 Å². The molecule has 0 radical (unpaired) electrons. The molecule has 1 N–H and O–H groups in total. The van der Waals surface area contributed by atoms with Gasteiger partial charge >= 0.3 is 5.97 Å². The van der Waals surface area contributed by atoms with E-state index >= 15 is 0 Å². The van der Waals surface area contributed by atoms with Crippen LogP contribution in [-0.4, -0.2) is 30.7 Å². The molecule has 10 heteroatoms. The predicted molar refractivity (Wildman–Crippen MR) is 177 cm³/mol. The first-order valence-corrected chi connectivity index (χ1v) is 16.0. The molecule has 4 aromatic rings. The quantitative estimate of drug-likeness (QED) is 0.0709. The summed E-state index contributed by atoms with van der Waals surface area (Å²) in [6.07, 6.45) is 3.27. The molecule has 5 rings (SSSR count). The normalized spacial score (nSPS) is 15.2. The summed E-state index contributed by atoms with van der Waals surface area (Å²) in [6, 6.07) is 18.5. The molecular formula is C37H37ClF2N2O5. The summed E-state index contributed by atoms with van der Waals surface area (Å²) < 4.78 is 40.9. The highest BCUT2D eigenvalue weighted by atomic mass is 35.5. The van der Waals surface area contributed by atoms with Crippen LogP contribution in [0.3, 0.4) is 0 Å². The largest absolute Gasteiger partial charge is 0.618 e. The zero-order valence-electron chi connectivity index (χ0n) is 26.6. The Morgan fingerprint density at radius 1 is 1.02 bits per heavy atom. The second-order valence-electron chi connectivity index (χ2n) is 12.6. The third-order valence-electron chi connectivity index (χ3n) is 7.97. The van der Waals surface area contributed by atoms with Crippen LogP contribution in [0, 0.1) is 16.8 Å². The Hall–Kier alpha value is -4.34. The van der Waals surface area contributed by atoms with E-state index in [1.165, 1.54) is 12.3 Å². The Bertz CT molecular complexity index is 1790. The summed E-state index contributed by atoms with van der Waals surface area (Å²) in [7, 11) is 0. The summed E-state index contributed by atoms with van der Waals surface area (Å²) in [6.45, 7) is 6.22. The summed E-state index contributed by atoms with van der Waals surface area (Å²) in [5.74, 6) is -2.66. The number of anilines is 1. The number of rotatable bonds is 7. The first kappa shape index (κ1) is 34.0. The molecule has 0 unspecified atom stereocenters. The third-order valence-corrected chi connectivity index (χ3v) is 8.26. The van der Waals surface area contributed by atoms with Gasteiger partial charge in [0, 0.05) is 23.7 Å². The van der Waals surface area contributed by atoms with Gasteiger partial charge in [0.15, 0.2) is 17.7 Å². The predicted octanol–water partition coefficient (Wildman–Crippen LogP) is 8.13. The van der Waals surface area contributed by atoms with Crippen molar-refractivity contribution in [1.29, 1.82) is 0 Å². The van der Waals surface area contributed by atoms with Crippen LogP contribution in [0.2, 0.25) is 5.02 Å². The van der Waals surface area contributed by atoms with Gasteiger partial charge in [0.05, 0.1) is 40.7 Å². The lowest BCUT2D eigenvalue weighted by molar-refractivity contribution is -0.614. The van der Waals surface area contributed by atoms with E-state index in [-0.39, 0.29) is 53.0 Å². The lowest BCUT2D eigenvalue weighted by Crippen LogP contribution is -2.33. The van der Waals surface area contributed by atoms with Crippen molar-refractivity contribution in [2.45, 2.75) is 64.4 Å². The van der Waals surface area contributed by atoms with Crippen LogP contribution < -0.4 is 10.0 Å². The van der Waals surface area contributed by atoms with Crippen molar-refractivity contribution >= 4 is 29.2 Å². The average Bonchev–Trinajstić information content (AvgIpc) is 3.01. The number of ether oxygens (including phenoxy) is 2. The number of hydrogen-bond acceptors (Lipinski definition) is 5. The molecule has 1 atom stereocenters. The van der Waals surface area contributed by atoms with Crippen molar-refractivity contribution in [2.24, 2.45) is 0 Å². The zero-order chi connectivity index (χ0) is 33.7. The summed E-state index contributed by atoms with van der Waals surface area (Å²) >= 11 is 5.89. The fraction of sp³-hybridized carbons (Fsp3) is 0.324. The summed E-state index contributed by atoms with van der Waals surface area (Å²) in [4.78, 5) is 25.5. The minimum Gasteiger partial charge on any atom is -0.618 e. The van der Waals surface area contributed by atoms with E-state index in [1.54, 1.807) is 12.1 Å². The second kappa shape index (κ2) is 14.6. The van der Waals surface area contributed by atoms with Crippen LogP contribution >= 0.6 is 11.6 Å². The van der Waals surface area contributed by atoms with E-state index in [0.29, 0.717) is 47.5 Å². The molecule has 1 aliphatic heterocycles. The molecule has 1 aliphatic rings. The fourth-order valence-corrected chi connectivity index (χ4v) is 5.89. The highest BCUT2D eigenvalue weighted by Gasteiger charge is 2.26. The number of esters is 1. The van der Waals surface area contributed by atoms with Gasteiger partial charge in [-0.05, 0) is 74.6 Å². The lowest BCUT2D eigenvalue weighted by Gasteiger charge is -2.20. The number of nitrogens with one attached hydrogen (secondary N) is 1. The SMILES string of the molecule is CC(C)(C)OCCOC(=O)Cc1ccc2c(c1)NC(=O)CCCC[C@H](c1ccc(-c3c(F)ccc(Cl)c3F)c[n+]1[O-])c1cccc-2c1. The highest BCUT2D eigenvalue weighted by Crippen LogP contribution is 2.36. The topological polar surface area (TPSA) is 91.6 Å². The van der Waals surface area contributed by atoms with E-state index in [0.717, 1.165) is 28.8 Å². The Morgan fingerprint density at radius 2 is 1.83 bits per heavy atom. The van der Waals surface area contributed by atoms with Gasteiger partial charge in [0.1, 0.15) is 12.4 Å². The number of aromatic nitrogens is 1. The molecule has 1 amide bonds. The number of fused-ring (bicyclic) bond motifs is 4. The van der Waals surface area contributed by atoms with Crippen molar-refractivity contribution < 1.29 is 32.6 Å². The summed E-state index contributed by atoms with van der Waals surface area (Å²) in [5, 5.41) is 16.2. The number of benzene rings is 3. The Kier molecular flexibility index (Phi) is 10.6. The van der Waals surface area contributed by atoms with E-state index in [2.05, 4.69) is 5.32 Å². The number of hydrogen-bond donors (Lipinski definition) is 1. The van der Waals surface area contributed by atoms with Crippen LogP contribution in [0.4, 0.5) is 14.5 Å². The van der Waals surface area contributed by atoms with Gasteiger partial charge in [-0.25, -0.2) is 8.78 Å². The van der Waals surface area contributed by atoms with Crippen LogP contribution in [-0.2, 0) is 25.5 Å². The first-order valence-electron chi connectivity index (χ1n) is 15.6. The van der Waals surface area contributed by atoms with Gasteiger partial charge in [0.2, 0.25) is 5.91 Å². The molecule has 3 aromatic carbocycles. The number of carbonyl (C=O) groups is 2. The van der Waals surface area contributed by atoms with Crippen LogP contribution in [0.15, 0.2) is 72.9 Å². The van der Waals surface area contributed by atoms with Gasteiger partial charge in [-0.15, -0.1) is 0 Å². The maximum atomic E-state index is 14.7. The minimum atomic E-state index is -0.930. The van der Waals surface area contributed by atoms with Gasteiger partial charge in [-0.2, -0.15) is 4.73 Å². The zero-order valence-corrected chi connectivity index (χ0v) is 27.3. The van der Waals surface area contributed by atoms with Crippen LogP contribution in [0.1, 0.15) is 69.2 Å². The molecule has 246 valence electrons. The molecule has 0 saturated heterocycles. The smallest absolute Gasteiger partial charge is 0.310 e. The van der Waals surface area contributed by atoms with Gasteiger partial charge in [-0.3, -0.25) is 9.59 Å². The van der Waals surface area contributed by atoms with E-state index in [1.807, 2.05) is 57.2 Å². The van der Waals surface area contributed by atoms with Gasteiger partial charge < -0.3 is 20.0 Å². The number of carbonyl (C=O) groups excluding carboxylic acids is 2. The molecule has 1 aromatic heterocycles. The number of amides is 1. The Morgan fingerprint density at radius 3 is 2.60 bits per heavy atom. The third kappa shape index (κ3) is 8.53. The molecular weight excluding hydrogens is 626 g/mol. The average molecular weight is 663 g/mol. The number of halogens is 3. The molecule has 2 heterocycles. The lowest BCUT2D eigenvalue weighted by atomic mass is 9.87. The van der Waals surface area contributed by atoms with Crippen molar-refractivity contribution in [3.8, 4) is 22.3 Å². The van der Waals surface area contributed by atoms with Gasteiger partial charge in [0.25, 0.3) is 0 Å². The molecule has 47 heavy (non-hydrogen) atoms. The standard InChI is InChI=1S/C37H37ClF2N2O5/c1-37(2,3)47-18-17-46-34(44)20-23-11-13-27-24-7-6-8-25(21-24)28(9-4-5-10-33(43)41-31(27)19-23)32-16-12-26(22-42(32)45)35-30(39)15-14-29(38)36(35)40/h6-8,11-16,19,21-22,28H,4-5,9-10,17-18,20H2,1-3H3,(H,41,43)/t28-/m0/s1. The van der Waals surface area contributed by atoms with Crippen LogP contribution in [0.5, 0.6) is 0 Å². The maximum absolute atomic E-state index is 14.7. The van der Waals surface area contributed by atoms with Crippen molar-refractivity contribution in [1.82, 2.24) is 0 Å². The Balaban J connectivity index is 1.44. The molecule has 0 fully saturated rings. The maximum Gasteiger partial charge on any atom is 0.310 e. The van der Waals surface area contributed by atoms with Crippen molar-refractivity contribution in [3.05, 3.63) is 112 Å². The fourth-order valence-electron chi connectivity index (χ4n) is 5.73. The molecule has 0 spiro atoms. The second-order valence-corrected chi connectivity index (χ2v) is 13.0. The minimum absolute atomic E-state index is 0.0310. The van der Waals surface area contributed by atoms with E-state index < -0.39 is 17.6 Å². The van der Waals surface area contributed by atoms with Crippen molar-refractivity contribution in [2.75, 3.05) is 18.5 Å². The van der Waals surface area contributed by atoms with E-state index in [4.69, 9.17) is 21.1 Å². The molecule has 7 nitrogen and oxygen atoms in total. The van der Waals surface area contributed by atoms with E-state index in [9.17, 15) is 23.6 Å².